The van der Waals surface area contributed by atoms with Gasteiger partial charge in [0.25, 0.3) is 0 Å². The van der Waals surface area contributed by atoms with E-state index in [1.807, 2.05) is 53.4 Å². The van der Waals surface area contributed by atoms with Crippen LogP contribution in [0.5, 0.6) is 0 Å². The van der Waals surface area contributed by atoms with Crippen LogP contribution in [0.25, 0.3) is 5.70 Å². The summed E-state index contributed by atoms with van der Waals surface area (Å²) in [6.45, 7) is 8.25. The molecule has 0 atom stereocenters. The van der Waals surface area contributed by atoms with Crippen molar-refractivity contribution >= 4 is 62.6 Å². The van der Waals surface area contributed by atoms with Crippen LogP contribution in [-0.4, -0.2) is 16.9 Å². The lowest BCUT2D eigenvalue weighted by Gasteiger charge is -2.29. The van der Waals surface area contributed by atoms with Crippen molar-refractivity contribution in [1.29, 1.82) is 5.41 Å². The number of nitrogens with two attached hydrogens (primary N) is 1. The summed E-state index contributed by atoms with van der Waals surface area (Å²) in [4.78, 5) is 10.7. The number of nitrogens with one attached hydrogen (secondary N) is 1. The van der Waals surface area contributed by atoms with Gasteiger partial charge in [0.1, 0.15) is 5.71 Å². The summed E-state index contributed by atoms with van der Waals surface area (Å²) in [7, 11) is 0. The second kappa shape index (κ2) is 16.5. The number of aryl methyl sites for hydroxylation is 4. The Morgan fingerprint density at radius 2 is 0.724 bits per heavy atom. The van der Waals surface area contributed by atoms with Gasteiger partial charge in [0.15, 0.2) is 0 Å². The zero-order valence-electron chi connectivity index (χ0n) is 32.7. The highest BCUT2D eigenvalue weighted by molar-refractivity contribution is 6.02. The van der Waals surface area contributed by atoms with E-state index in [4.69, 9.17) is 11.1 Å². The maximum Gasteiger partial charge on any atom is 0.432 e. The van der Waals surface area contributed by atoms with Crippen LogP contribution < -0.4 is 20.4 Å². The van der Waals surface area contributed by atoms with Gasteiger partial charge in [0, 0.05) is 57.4 Å². The Kier molecular flexibility index (Phi) is 11.2. The standard InChI is InChI=1S/C49H43F3N6/c1-33-5-13-37(14-6-33)56(38-15-7-34(2)8-16-38)41-21-25-43(26-22-41)58(45-29-30-55-47(31-45)46(53)32-48(54)49(50,51)52)44-27-23-42(24-28-44)57(39-17-9-35(3)10-18-39)40-19-11-36(4)12-20-40/h5-32,54H,53H2,1-4H3/b46-32-,54-48?. The van der Waals surface area contributed by atoms with Crippen LogP contribution in [0.15, 0.2) is 170 Å². The zero-order valence-corrected chi connectivity index (χ0v) is 32.7. The van der Waals surface area contributed by atoms with Crippen LogP contribution in [0.4, 0.5) is 64.4 Å². The number of rotatable bonds is 11. The number of hydrogen-bond acceptors (Lipinski definition) is 6. The van der Waals surface area contributed by atoms with Gasteiger partial charge in [-0.05, 0) is 143 Å². The van der Waals surface area contributed by atoms with Crippen LogP contribution in [0, 0.1) is 33.1 Å². The fourth-order valence-corrected chi connectivity index (χ4v) is 6.65. The summed E-state index contributed by atoms with van der Waals surface area (Å²) in [6.07, 6.45) is -2.74. The van der Waals surface area contributed by atoms with Crippen molar-refractivity contribution < 1.29 is 13.2 Å². The molecular weight excluding hydrogens is 730 g/mol. The van der Waals surface area contributed by atoms with Crippen molar-refractivity contribution in [3.05, 3.63) is 198 Å². The Morgan fingerprint density at radius 3 is 1.00 bits per heavy atom. The van der Waals surface area contributed by atoms with Crippen LogP contribution in [0.1, 0.15) is 27.9 Å². The molecule has 0 aliphatic rings. The smallest absolute Gasteiger partial charge is 0.397 e. The highest BCUT2D eigenvalue weighted by atomic mass is 19.4. The number of anilines is 9. The van der Waals surface area contributed by atoms with Crippen LogP contribution in [0.2, 0.25) is 0 Å². The molecule has 1 heterocycles. The number of alkyl halides is 3. The molecule has 6 aromatic carbocycles. The molecule has 0 fully saturated rings. The molecule has 0 radical (unpaired) electrons. The minimum Gasteiger partial charge on any atom is -0.397 e. The van der Waals surface area contributed by atoms with Gasteiger partial charge in [-0.2, -0.15) is 13.2 Å². The Morgan fingerprint density at radius 1 is 0.466 bits per heavy atom. The Hall–Kier alpha value is -7.13. The predicted octanol–water partition coefficient (Wildman–Crippen LogP) is 13.6. The van der Waals surface area contributed by atoms with Crippen molar-refractivity contribution in [2.45, 2.75) is 33.9 Å². The van der Waals surface area contributed by atoms with E-state index < -0.39 is 11.9 Å². The number of allylic oxidation sites excluding steroid dienone is 1. The molecule has 3 N–H and O–H groups in total. The second-order valence-electron chi connectivity index (χ2n) is 14.3. The van der Waals surface area contributed by atoms with Gasteiger partial charge in [-0.3, -0.25) is 10.4 Å². The molecule has 0 spiro atoms. The fourth-order valence-electron chi connectivity index (χ4n) is 6.65. The normalized spacial score (nSPS) is 11.6. The van der Waals surface area contributed by atoms with Crippen LogP contribution in [0.3, 0.4) is 0 Å². The largest absolute Gasteiger partial charge is 0.432 e. The van der Waals surface area contributed by atoms with E-state index >= 15 is 0 Å². The van der Waals surface area contributed by atoms with Gasteiger partial charge in [-0.15, -0.1) is 0 Å². The van der Waals surface area contributed by atoms with Gasteiger partial charge in [0.2, 0.25) is 0 Å². The molecule has 58 heavy (non-hydrogen) atoms. The number of benzene rings is 6. The third kappa shape index (κ3) is 8.79. The summed E-state index contributed by atoms with van der Waals surface area (Å²) in [5, 5.41) is 7.50. The Balaban J connectivity index is 1.33. The maximum absolute atomic E-state index is 13.3. The quantitative estimate of drug-likeness (QED) is 0.128. The molecule has 0 bridgehead atoms. The highest BCUT2D eigenvalue weighted by Crippen LogP contribution is 2.41. The molecule has 7 rings (SSSR count). The highest BCUT2D eigenvalue weighted by Gasteiger charge is 2.33. The number of nitrogens with zero attached hydrogens (tertiary/aromatic N) is 4. The third-order valence-corrected chi connectivity index (χ3v) is 9.80. The van der Waals surface area contributed by atoms with Gasteiger partial charge >= 0.3 is 6.18 Å². The number of hydrogen-bond donors (Lipinski definition) is 2. The van der Waals surface area contributed by atoms with Crippen molar-refractivity contribution in [3.63, 3.8) is 0 Å². The monoisotopic (exact) mass is 772 g/mol. The molecule has 0 aliphatic heterocycles. The minimum atomic E-state index is -4.84. The van der Waals surface area contributed by atoms with E-state index in [0.717, 1.165) is 67.8 Å². The first-order valence-corrected chi connectivity index (χ1v) is 18.8. The molecule has 1 aromatic heterocycles. The van der Waals surface area contributed by atoms with Crippen LogP contribution in [-0.2, 0) is 0 Å². The van der Waals surface area contributed by atoms with Crippen LogP contribution >= 0.6 is 0 Å². The van der Waals surface area contributed by atoms with Gasteiger partial charge in [-0.25, -0.2) is 0 Å². The van der Waals surface area contributed by atoms with E-state index in [9.17, 15) is 13.2 Å². The van der Waals surface area contributed by atoms with Gasteiger partial charge in [0.05, 0.1) is 11.4 Å². The molecular formula is C49H43F3N6. The SMILES string of the molecule is Cc1ccc(N(c2ccc(C)cc2)c2ccc(N(c3ccc(N(c4ccc(C)cc4)c4ccc(C)cc4)cc3)c3ccnc(/C(N)=C/C(=N)C(F)(F)F)c3)cc2)cc1. The molecule has 0 saturated heterocycles. The van der Waals surface area contributed by atoms with Crippen molar-refractivity contribution in [3.8, 4) is 0 Å². The first kappa shape index (κ1) is 39.1. The second-order valence-corrected chi connectivity index (χ2v) is 14.3. The number of halogens is 3. The van der Waals surface area contributed by atoms with E-state index in [1.54, 1.807) is 12.1 Å². The minimum absolute atomic E-state index is 0.111. The lowest BCUT2D eigenvalue weighted by molar-refractivity contribution is -0.0583. The molecule has 0 unspecified atom stereocenters. The summed E-state index contributed by atoms with van der Waals surface area (Å²) in [5.74, 6) is 0. The van der Waals surface area contributed by atoms with Gasteiger partial charge < -0.3 is 20.4 Å². The topological polar surface area (TPSA) is 72.5 Å². The van der Waals surface area contributed by atoms with E-state index in [-0.39, 0.29) is 11.4 Å². The molecule has 0 aliphatic carbocycles. The maximum atomic E-state index is 13.3. The number of aromatic nitrogens is 1. The number of pyridine rings is 1. The fraction of sp³-hybridized carbons (Fsp3) is 0.102. The molecule has 0 amide bonds. The summed E-state index contributed by atoms with van der Waals surface area (Å²) in [6, 6.07) is 53.2. The Labute approximate surface area is 337 Å². The van der Waals surface area contributed by atoms with E-state index in [2.05, 4.69) is 140 Å². The van der Waals surface area contributed by atoms with Crippen molar-refractivity contribution in [2.24, 2.45) is 5.73 Å². The first-order chi connectivity index (χ1) is 27.8. The summed E-state index contributed by atoms with van der Waals surface area (Å²) < 4.78 is 39.9. The first-order valence-electron chi connectivity index (χ1n) is 18.8. The summed E-state index contributed by atoms with van der Waals surface area (Å²) in [5.41, 5.74) is 17.2. The molecule has 9 heteroatoms. The zero-order chi connectivity index (χ0) is 41.0. The molecule has 290 valence electrons. The molecule has 0 saturated carbocycles. The average Bonchev–Trinajstić information content (AvgIpc) is 3.22. The third-order valence-electron chi connectivity index (χ3n) is 9.80. The lowest BCUT2D eigenvalue weighted by atomic mass is 10.1. The molecule has 7 aromatic rings. The predicted molar refractivity (Wildman–Crippen MR) is 233 cm³/mol. The van der Waals surface area contributed by atoms with Crippen molar-refractivity contribution in [2.75, 3.05) is 14.7 Å². The van der Waals surface area contributed by atoms with Crippen molar-refractivity contribution in [1.82, 2.24) is 4.98 Å². The summed E-state index contributed by atoms with van der Waals surface area (Å²) >= 11 is 0. The van der Waals surface area contributed by atoms with E-state index in [1.165, 1.54) is 6.20 Å². The Bertz CT molecular complexity index is 2300. The van der Waals surface area contributed by atoms with E-state index in [0.29, 0.717) is 11.8 Å². The molecule has 6 nitrogen and oxygen atoms in total. The lowest BCUT2D eigenvalue weighted by Crippen LogP contribution is -2.20. The van der Waals surface area contributed by atoms with Gasteiger partial charge in [-0.1, -0.05) is 70.8 Å². The average molecular weight is 773 g/mol.